The van der Waals surface area contributed by atoms with Crippen LogP contribution in [0.15, 0.2) is 48.2 Å². The van der Waals surface area contributed by atoms with Crippen molar-refractivity contribution in [2.24, 2.45) is 23.4 Å². The molecule has 1 heterocycles. The maximum Gasteiger partial charge on any atom is 0.0880 e. The van der Waals surface area contributed by atoms with Gasteiger partial charge >= 0.3 is 0 Å². The Morgan fingerprint density at radius 3 is 2.45 bits per heavy atom. The van der Waals surface area contributed by atoms with Crippen LogP contribution >= 0.6 is 0 Å². The summed E-state index contributed by atoms with van der Waals surface area (Å²) in [5, 5.41) is 1.67. The zero-order chi connectivity index (χ0) is 22.2. The van der Waals surface area contributed by atoms with E-state index in [0.29, 0.717) is 11.6 Å². The Bertz CT molecular complexity index is 851. The Labute approximate surface area is 188 Å². The Morgan fingerprint density at radius 1 is 1.10 bits per heavy atom. The van der Waals surface area contributed by atoms with Crippen LogP contribution in [0.1, 0.15) is 74.4 Å². The van der Waals surface area contributed by atoms with Gasteiger partial charge in [0.05, 0.1) is 17.1 Å². The first-order valence-electron chi connectivity index (χ1n) is 11.9. The van der Waals surface area contributed by atoms with Crippen molar-refractivity contribution in [2.75, 3.05) is 7.05 Å². The molecule has 1 aliphatic carbocycles. The summed E-state index contributed by atoms with van der Waals surface area (Å²) >= 11 is 0. The van der Waals surface area contributed by atoms with Gasteiger partial charge in [-0.15, -0.1) is 0 Å². The highest BCUT2D eigenvalue weighted by Crippen LogP contribution is 2.28. The first kappa shape index (κ1) is 23.3. The maximum atomic E-state index is 6.59. The van der Waals surface area contributed by atoms with Gasteiger partial charge in [0.15, 0.2) is 0 Å². The second-order valence-corrected chi connectivity index (χ2v) is 9.45. The number of hydrazine groups is 1. The van der Waals surface area contributed by atoms with E-state index in [9.17, 15) is 0 Å². The quantitative estimate of drug-likeness (QED) is 0.409. The van der Waals surface area contributed by atoms with Gasteiger partial charge in [-0.2, -0.15) is 0 Å². The predicted octanol–water partition coefficient (Wildman–Crippen LogP) is 5.60. The Kier molecular flexibility index (Phi) is 8.53. The van der Waals surface area contributed by atoms with E-state index in [-0.39, 0.29) is 0 Å². The van der Waals surface area contributed by atoms with Crippen LogP contribution in [-0.4, -0.2) is 17.0 Å². The van der Waals surface area contributed by atoms with Crippen LogP contribution in [-0.2, 0) is 12.8 Å². The molecule has 0 spiro atoms. The largest absolute Gasteiger partial charge is 0.396 e. The molecule has 4 heteroatoms. The molecule has 0 bridgehead atoms. The van der Waals surface area contributed by atoms with Gasteiger partial charge in [-0.1, -0.05) is 75.4 Å². The fraction of sp³-hybridized carbons (Fsp3) is 0.519. The molecule has 3 rings (SSSR count). The second kappa shape index (κ2) is 11.3. The summed E-state index contributed by atoms with van der Waals surface area (Å²) in [6.07, 6.45) is 11.0. The van der Waals surface area contributed by atoms with E-state index in [4.69, 9.17) is 16.6 Å². The summed E-state index contributed by atoms with van der Waals surface area (Å²) in [4.78, 5) is 4.88. The van der Waals surface area contributed by atoms with Gasteiger partial charge in [-0.05, 0) is 61.6 Å². The van der Waals surface area contributed by atoms with Crippen LogP contribution in [0, 0.1) is 18.8 Å². The van der Waals surface area contributed by atoms with Crippen LogP contribution < -0.4 is 11.6 Å². The first-order chi connectivity index (χ1) is 14.9. The lowest BCUT2D eigenvalue weighted by atomic mass is 9.84. The van der Waals surface area contributed by atoms with E-state index in [1.807, 2.05) is 7.05 Å². The van der Waals surface area contributed by atoms with Gasteiger partial charge in [0.2, 0.25) is 0 Å². The maximum absolute atomic E-state index is 6.59. The molecule has 31 heavy (non-hydrogen) atoms. The number of allylic oxidation sites excluding steroid dienone is 1. The van der Waals surface area contributed by atoms with Gasteiger partial charge < -0.3 is 10.7 Å². The van der Waals surface area contributed by atoms with Crippen molar-refractivity contribution in [1.82, 2.24) is 9.99 Å². The van der Waals surface area contributed by atoms with Crippen LogP contribution in [0.5, 0.6) is 0 Å². The average Bonchev–Trinajstić information content (AvgIpc) is 2.78. The highest BCUT2D eigenvalue weighted by atomic mass is 15.4. The number of hydrogen-bond donors (Lipinski definition) is 2. The van der Waals surface area contributed by atoms with Crippen molar-refractivity contribution in [1.29, 1.82) is 0 Å². The second-order valence-electron chi connectivity index (χ2n) is 9.45. The Morgan fingerprint density at radius 2 is 1.81 bits per heavy atom. The Balaban J connectivity index is 1.68. The monoisotopic (exact) mass is 420 g/mol. The lowest BCUT2D eigenvalue weighted by Gasteiger charge is -2.24. The first-order valence-corrected chi connectivity index (χ1v) is 11.9. The van der Waals surface area contributed by atoms with E-state index in [1.54, 1.807) is 5.01 Å². The number of nitrogens with two attached hydrogens (primary N) is 2. The normalized spacial score (nSPS) is 16.6. The molecule has 1 atom stereocenters. The molecular formula is C27H40N4. The smallest absolute Gasteiger partial charge is 0.0880 e. The third-order valence-corrected chi connectivity index (χ3v) is 6.75. The fourth-order valence-corrected chi connectivity index (χ4v) is 4.74. The number of rotatable bonds is 9. The van der Waals surface area contributed by atoms with E-state index < -0.39 is 0 Å². The minimum Gasteiger partial charge on any atom is -0.396 e. The Hall–Kier alpha value is -2.33. The zero-order valence-electron chi connectivity index (χ0n) is 19.6. The average molecular weight is 421 g/mol. The molecule has 1 saturated carbocycles. The van der Waals surface area contributed by atoms with Gasteiger partial charge in [-0.3, -0.25) is 4.98 Å². The fourth-order valence-electron chi connectivity index (χ4n) is 4.74. The molecule has 1 unspecified atom stereocenters. The zero-order valence-corrected chi connectivity index (χ0v) is 19.6. The summed E-state index contributed by atoms with van der Waals surface area (Å²) in [5.41, 5.74) is 12.9. The lowest BCUT2D eigenvalue weighted by molar-refractivity contribution is 0.356. The molecule has 0 saturated heterocycles. The van der Waals surface area contributed by atoms with Crippen LogP contribution in [0.2, 0.25) is 0 Å². The number of nitrogens with zero attached hydrogens (tertiary/aromatic N) is 2. The molecule has 4 nitrogen and oxygen atoms in total. The molecule has 4 N–H and O–H groups in total. The summed E-state index contributed by atoms with van der Waals surface area (Å²) in [7, 11) is 1.87. The molecule has 1 aliphatic rings. The van der Waals surface area contributed by atoms with Crippen molar-refractivity contribution < 1.29 is 0 Å². The van der Waals surface area contributed by atoms with Crippen molar-refractivity contribution in [2.45, 2.75) is 71.6 Å². The third-order valence-electron chi connectivity index (χ3n) is 6.75. The van der Waals surface area contributed by atoms with Gasteiger partial charge in [0.25, 0.3) is 0 Å². The van der Waals surface area contributed by atoms with Crippen molar-refractivity contribution in [3.63, 3.8) is 0 Å². The van der Waals surface area contributed by atoms with Crippen molar-refractivity contribution in [3.05, 3.63) is 70.7 Å². The summed E-state index contributed by atoms with van der Waals surface area (Å²) in [6, 6.07) is 15.0. The number of hydrogen-bond acceptors (Lipinski definition) is 4. The minimum absolute atomic E-state index is 0.478. The topological polar surface area (TPSA) is 68.2 Å². The SMILES string of the molecule is Cc1nc(/C(N)=C(\CC(C)CCc2ccccc2)N(C)N)ccc1CC1CCCCC1. The molecule has 1 aromatic heterocycles. The minimum atomic E-state index is 0.478. The van der Waals surface area contributed by atoms with Crippen LogP contribution in [0.4, 0.5) is 0 Å². The number of aromatic nitrogens is 1. The molecule has 168 valence electrons. The van der Waals surface area contributed by atoms with Gasteiger partial charge in [-0.25, -0.2) is 5.84 Å². The van der Waals surface area contributed by atoms with E-state index in [0.717, 1.165) is 48.7 Å². The lowest BCUT2D eigenvalue weighted by Crippen LogP contribution is -2.29. The van der Waals surface area contributed by atoms with Crippen LogP contribution in [0.3, 0.4) is 0 Å². The van der Waals surface area contributed by atoms with E-state index in [1.165, 1.54) is 43.2 Å². The molecule has 2 aromatic rings. The van der Waals surface area contributed by atoms with Crippen molar-refractivity contribution >= 4 is 5.70 Å². The predicted molar refractivity (Wildman–Crippen MR) is 131 cm³/mol. The van der Waals surface area contributed by atoms with Crippen LogP contribution in [0.25, 0.3) is 5.70 Å². The van der Waals surface area contributed by atoms with Gasteiger partial charge in [0.1, 0.15) is 0 Å². The molecule has 0 amide bonds. The summed E-state index contributed by atoms with van der Waals surface area (Å²) in [6.45, 7) is 4.38. The molecule has 0 aliphatic heterocycles. The molecule has 1 fully saturated rings. The standard InChI is InChI=1S/C27H40N4/c1-20(14-15-22-10-6-4-7-11-22)18-26(31(3)29)27(28)25-17-16-24(21(2)30-25)19-23-12-8-5-9-13-23/h4,6-7,10-11,16-17,20,23H,5,8-9,12-15,18-19,28-29H2,1-3H3/b27-26-. The highest BCUT2D eigenvalue weighted by molar-refractivity contribution is 5.63. The van der Waals surface area contributed by atoms with Crippen molar-refractivity contribution in [3.8, 4) is 0 Å². The molecular weight excluding hydrogens is 380 g/mol. The molecule has 0 radical (unpaired) electrons. The van der Waals surface area contributed by atoms with E-state index >= 15 is 0 Å². The number of pyridine rings is 1. The van der Waals surface area contributed by atoms with Gasteiger partial charge in [0, 0.05) is 12.7 Å². The number of benzene rings is 1. The molecule has 1 aromatic carbocycles. The highest BCUT2D eigenvalue weighted by Gasteiger charge is 2.18. The summed E-state index contributed by atoms with van der Waals surface area (Å²) in [5.74, 6) is 7.48. The van der Waals surface area contributed by atoms with E-state index in [2.05, 4.69) is 56.3 Å². The number of aryl methyl sites for hydroxylation is 2. The summed E-state index contributed by atoms with van der Waals surface area (Å²) < 4.78 is 0. The third kappa shape index (κ3) is 6.83.